The topological polar surface area (TPSA) is 106 Å². The fourth-order valence-corrected chi connectivity index (χ4v) is 5.96. The van der Waals surface area contributed by atoms with Crippen LogP contribution < -0.4 is 4.74 Å². The Kier molecular flexibility index (Phi) is 6.18. The third-order valence-electron chi connectivity index (χ3n) is 8.24. The van der Waals surface area contributed by atoms with Gasteiger partial charge in [0.05, 0.1) is 12.8 Å². The van der Waals surface area contributed by atoms with Crippen molar-refractivity contribution >= 4 is 23.1 Å². The maximum absolute atomic E-state index is 13.2. The van der Waals surface area contributed by atoms with E-state index in [2.05, 4.69) is 15.0 Å². The molecule has 0 N–H and O–H groups in total. The highest BCUT2D eigenvalue weighted by atomic mass is 19.4. The molecule has 0 bridgehead atoms. The average molecular weight is 544 g/mol. The lowest BCUT2D eigenvalue weighted by Gasteiger charge is -2.30. The molecular weight excluding hydrogens is 515 g/mol. The first-order valence-electron chi connectivity index (χ1n) is 13.0. The Labute approximate surface area is 222 Å². The molecule has 0 aromatic carbocycles. The molecule has 1 unspecified atom stereocenters. The van der Waals surface area contributed by atoms with Gasteiger partial charge in [0.2, 0.25) is 11.8 Å². The van der Waals surface area contributed by atoms with Crippen LogP contribution in [0.1, 0.15) is 47.7 Å². The van der Waals surface area contributed by atoms with E-state index in [-0.39, 0.29) is 53.7 Å². The van der Waals surface area contributed by atoms with Gasteiger partial charge in [-0.15, -0.1) is 0 Å². The first-order valence-corrected chi connectivity index (χ1v) is 13.0. The van der Waals surface area contributed by atoms with Crippen LogP contribution in [0.25, 0.3) is 11.3 Å². The fraction of sp³-hybridized carbons (Fsp3) is 0.538. The molecule has 2 aliphatic heterocycles. The zero-order valence-corrected chi connectivity index (χ0v) is 21.6. The second-order valence-electron chi connectivity index (χ2n) is 10.6. The van der Waals surface area contributed by atoms with E-state index in [1.165, 1.54) is 18.3 Å². The first-order chi connectivity index (χ1) is 18.6. The molecule has 5 heterocycles. The van der Waals surface area contributed by atoms with Gasteiger partial charge >= 0.3 is 6.18 Å². The van der Waals surface area contributed by atoms with Gasteiger partial charge in [0, 0.05) is 58.1 Å². The van der Waals surface area contributed by atoms with Crippen LogP contribution in [-0.2, 0) is 18.0 Å². The largest absolute Gasteiger partial charge is 0.477 e. The van der Waals surface area contributed by atoms with E-state index < -0.39 is 11.9 Å². The summed E-state index contributed by atoms with van der Waals surface area (Å²) in [5.41, 5.74) is 0.293. The van der Waals surface area contributed by atoms with Gasteiger partial charge in [0.1, 0.15) is 17.2 Å². The van der Waals surface area contributed by atoms with Gasteiger partial charge in [-0.05, 0) is 30.7 Å². The van der Waals surface area contributed by atoms with E-state index in [1.807, 2.05) is 16.5 Å². The number of imidazole rings is 1. The summed E-state index contributed by atoms with van der Waals surface area (Å²) in [6.07, 6.45) is -1.41. The van der Waals surface area contributed by atoms with Crippen LogP contribution in [0.4, 0.5) is 13.2 Å². The number of alkyl halides is 3. The Morgan fingerprint density at radius 3 is 2.44 bits per heavy atom. The minimum Gasteiger partial charge on any atom is -0.477 e. The number of carbonyl (C=O) groups is 2. The lowest BCUT2D eigenvalue weighted by Crippen LogP contribution is -2.36. The lowest BCUT2D eigenvalue weighted by atomic mass is 9.96. The van der Waals surface area contributed by atoms with Crippen molar-refractivity contribution < 1.29 is 27.5 Å². The van der Waals surface area contributed by atoms with E-state index >= 15 is 0 Å². The molecule has 3 fully saturated rings. The molecule has 13 heteroatoms. The summed E-state index contributed by atoms with van der Waals surface area (Å²) in [5, 5.41) is 0. The molecule has 2 amide bonds. The number of hydrogen-bond donors (Lipinski definition) is 0. The van der Waals surface area contributed by atoms with Crippen LogP contribution in [0.2, 0.25) is 0 Å². The van der Waals surface area contributed by atoms with Crippen LogP contribution in [0.15, 0.2) is 24.4 Å². The van der Waals surface area contributed by atoms with E-state index in [1.54, 1.807) is 11.8 Å². The number of amides is 2. The monoisotopic (exact) mass is 543 g/mol. The average Bonchev–Trinajstić information content (AvgIpc) is 3.21. The fourth-order valence-electron chi connectivity index (χ4n) is 5.96. The van der Waals surface area contributed by atoms with Gasteiger partial charge in [0.25, 0.3) is 5.91 Å². The summed E-state index contributed by atoms with van der Waals surface area (Å²) in [6, 6.07) is 3.60. The number of halogens is 3. The molecule has 39 heavy (non-hydrogen) atoms. The van der Waals surface area contributed by atoms with Crippen molar-refractivity contribution in [2.75, 3.05) is 32.8 Å². The number of piperidine rings is 2. The number of hydrogen-bond acceptors (Lipinski definition) is 7. The second-order valence-corrected chi connectivity index (χ2v) is 10.6. The summed E-state index contributed by atoms with van der Waals surface area (Å²) >= 11 is 0. The molecule has 0 spiro atoms. The Hall–Kier alpha value is -3.77. The Morgan fingerprint density at radius 2 is 1.77 bits per heavy atom. The van der Waals surface area contributed by atoms with Crippen LogP contribution in [-0.4, -0.2) is 78.9 Å². The number of carbonyl (C=O) groups excluding carboxylic acids is 2. The molecule has 3 aromatic rings. The van der Waals surface area contributed by atoms with Crippen molar-refractivity contribution in [3.05, 3.63) is 41.6 Å². The standard InChI is InChI=1S/C26H28F3N7O3/c1-14(37)35-8-6-15(7-9-35)23-33-22-24(34(23)2)30-10-19(31-22)25(38)36-11-16-17(12-36)18(16)13-39-21-5-3-4-20(32-21)26(27,28)29/h3-5,10,15-18H,6-9,11-13H2,1-2H3/t16-,17+,18?. The minimum absolute atomic E-state index is 0.0505. The summed E-state index contributed by atoms with van der Waals surface area (Å²) in [4.78, 5) is 45.7. The molecule has 0 radical (unpaired) electrons. The van der Waals surface area contributed by atoms with Gasteiger partial charge in [-0.3, -0.25) is 9.59 Å². The zero-order valence-electron chi connectivity index (χ0n) is 21.6. The quantitative estimate of drug-likeness (QED) is 0.487. The van der Waals surface area contributed by atoms with Crippen LogP contribution in [0, 0.1) is 17.8 Å². The first kappa shape index (κ1) is 25.5. The van der Waals surface area contributed by atoms with Crippen molar-refractivity contribution in [2.24, 2.45) is 24.8 Å². The molecule has 206 valence electrons. The van der Waals surface area contributed by atoms with Crippen molar-refractivity contribution in [2.45, 2.75) is 31.9 Å². The molecule has 2 saturated heterocycles. The summed E-state index contributed by atoms with van der Waals surface area (Å²) in [6.45, 7) is 4.29. The van der Waals surface area contributed by atoms with Crippen LogP contribution >= 0.6 is 0 Å². The smallest absolute Gasteiger partial charge is 0.433 e. The van der Waals surface area contributed by atoms with Gasteiger partial charge in [-0.1, -0.05) is 6.07 Å². The highest BCUT2D eigenvalue weighted by molar-refractivity contribution is 5.93. The van der Waals surface area contributed by atoms with E-state index in [9.17, 15) is 22.8 Å². The second kappa shape index (κ2) is 9.45. The molecule has 1 aliphatic carbocycles. The van der Waals surface area contributed by atoms with Crippen molar-refractivity contribution in [1.29, 1.82) is 0 Å². The number of pyridine rings is 1. The lowest BCUT2D eigenvalue weighted by molar-refractivity contribution is -0.141. The van der Waals surface area contributed by atoms with Gasteiger partial charge < -0.3 is 19.1 Å². The van der Waals surface area contributed by atoms with Crippen LogP contribution in [0.3, 0.4) is 0 Å². The van der Waals surface area contributed by atoms with Gasteiger partial charge in [-0.2, -0.15) is 13.2 Å². The Bertz CT molecular complexity index is 1420. The maximum atomic E-state index is 13.2. The van der Waals surface area contributed by atoms with Crippen molar-refractivity contribution in [3.8, 4) is 5.88 Å². The molecule has 3 aromatic heterocycles. The predicted molar refractivity (Wildman–Crippen MR) is 132 cm³/mol. The third kappa shape index (κ3) is 4.78. The summed E-state index contributed by atoms with van der Waals surface area (Å²) < 4.78 is 46.1. The van der Waals surface area contributed by atoms with E-state index in [4.69, 9.17) is 9.72 Å². The number of ether oxygens (including phenoxy) is 1. The third-order valence-corrected chi connectivity index (χ3v) is 8.24. The molecular formula is C26H28F3N7O3. The van der Waals surface area contributed by atoms with E-state index in [0.29, 0.717) is 37.5 Å². The molecule has 6 rings (SSSR count). The number of aryl methyl sites for hydroxylation is 1. The SMILES string of the molecule is CC(=O)N1CCC(c2nc3nc(C(=O)N4C[C@@H]5C(COc6cccc(C(F)(F)F)n6)[C@@H]5C4)cnc3n2C)CC1. The molecule has 10 nitrogen and oxygen atoms in total. The molecule has 3 atom stereocenters. The maximum Gasteiger partial charge on any atom is 0.433 e. The Balaban J connectivity index is 1.06. The van der Waals surface area contributed by atoms with Gasteiger partial charge in [-0.25, -0.2) is 19.9 Å². The number of fused-ring (bicyclic) bond motifs is 2. The molecule has 3 aliphatic rings. The minimum atomic E-state index is -4.52. The van der Waals surface area contributed by atoms with Crippen LogP contribution in [0.5, 0.6) is 5.88 Å². The number of likely N-dealkylation sites (tertiary alicyclic amines) is 2. The van der Waals surface area contributed by atoms with E-state index in [0.717, 1.165) is 24.7 Å². The summed E-state index contributed by atoms with van der Waals surface area (Å²) in [7, 11) is 1.89. The summed E-state index contributed by atoms with van der Waals surface area (Å²) in [5.74, 6) is 1.51. The number of nitrogens with zero attached hydrogens (tertiary/aromatic N) is 7. The van der Waals surface area contributed by atoms with Gasteiger partial charge in [0.15, 0.2) is 11.3 Å². The normalized spacial score (nSPS) is 23.3. The van der Waals surface area contributed by atoms with Crippen molar-refractivity contribution in [1.82, 2.24) is 34.3 Å². The number of rotatable bonds is 5. The Morgan fingerprint density at radius 1 is 1.05 bits per heavy atom. The van der Waals surface area contributed by atoms with Crippen molar-refractivity contribution in [3.63, 3.8) is 0 Å². The highest BCUT2D eigenvalue weighted by Gasteiger charge is 2.57. The predicted octanol–water partition coefficient (Wildman–Crippen LogP) is 2.90. The molecule has 1 saturated carbocycles. The zero-order chi connectivity index (χ0) is 27.5. The number of aromatic nitrogens is 5. The highest BCUT2D eigenvalue weighted by Crippen LogP contribution is 2.52.